The number of hydrogen-bond acceptors (Lipinski definition) is 3. The highest BCUT2D eigenvalue weighted by atomic mass is 35.5. The first-order valence-electron chi connectivity index (χ1n) is 6.85. The van der Waals surface area contributed by atoms with E-state index >= 15 is 0 Å². The van der Waals surface area contributed by atoms with Gasteiger partial charge in [0.1, 0.15) is 0 Å². The number of hydrazone groups is 1. The Hall–Kier alpha value is -1.78. The van der Waals surface area contributed by atoms with E-state index in [0.717, 1.165) is 11.3 Å². The average Bonchev–Trinajstić information content (AvgIpc) is 2.49. The molecule has 0 bridgehead atoms. The third kappa shape index (κ3) is 5.54. The summed E-state index contributed by atoms with van der Waals surface area (Å²) in [6.45, 7) is 2.07. The van der Waals surface area contributed by atoms with Crippen molar-refractivity contribution in [1.82, 2.24) is 5.43 Å². The Morgan fingerprint density at radius 1 is 1.27 bits per heavy atom. The number of carbonyl (C=O) groups is 1. The van der Waals surface area contributed by atoms with Gasteiger partial charge in [0.05, 0.1) is 12.0 Å². The van der Waals surface area contributed by atoms with E-state index in [1.807, 2.05) is 24.3 Å². The smallest absolute Gasteiger partial charge is 0.250 e. The van der Waals surface area contributed by atoms with Crippen molar-refractivity contribution in [1.29, 1.82) is 0 Å². The van der Waals surface area contributed by atoms with E-state index in [2.05, 4.69) is 29.6 Å². The molecule has 22 heavy (non-hydrogen) atoms. The number of nitrogens with one attached hydrogen (secondary N) is 1. The number of thioether (sulfide) groups is 1. The molecule has 0 spiro atoms. The van der Waals surface area contributed by atoms with Crippen LogP contribution in [0.5, 0.6) is 0 Å². The topological polar surface area (TPSA) is 41.5 Å². The molecule has 114 valence electrons. The normalized spacial score (nSPS) is 10.8. The monoisotopic (exact) mass is 332 g/mol. The van der Waals surface area contributed by atoms with Gasteiger partial charge in [-0.15, -0.1) is 11.8 Å². The molecule has 3 nitrogen and oxygen atoms in total. The number of carbonyl (C=O) groups excluding carboxylic acids is 1. The predicted molar refractivity (Wildman–Crippen MR) is 94.5 cm³/mol. The molecule has 0 aliphatic heterocycles. The molecule has 2 aromatic carbocycles. The summed E-state index contributed by atoms with van der Waals surface area (Å²) in [6.07, 6.45) is 1.58. The molecule has 2 rings (SSSR count). The van der Waals surface area contributed by atoms with Gasteiger partial charge < -0.3 is 0 Å². The van der Waals surface area contributed by atoms with Crippen molar-refractivity contribution in [3.63, 3.8) is 0 Å². The number of amides is 1. The fourth-order valence-corrected chi connectivity index (χ4v) is 2.92. The van der Waals surface area contributed by atoms with Crippen molar-refractivity contribution < 1.29 is 4.79 Å². The van der Waals surface area contributed by atoms with E-state index in [1.54, 1.807) is 30.1 Å². The minimum atomic E-state index is -0.114. The second-order valence-electron chi connectivity index (χ2n) is 4.77. The van der Waals surface area contributed by atoms with Crippen molar-refractivity contribution in [2.75, 3.05) is 5.75 Å². The zero-order chi connectivity index (χ0) is 15.8. The number of nitrogens with zero attached hydrogens (tertiary/aromatic N) is 1. The summed E-state index contributed by atoms with van der Waals surface area (Å²) >= 11 is 7.44. The van der Waals surface area contributed by atoms with Crippen molar-refractivity contribution in [3.8, 4) is 0 Å². The molecule has 0 aromatic heterocycles. The summed E-state index contributed by atoms with van der Waals surface area (Å²) in [4.78, 5) is 11.7. The Bertz CT molecular complexity index is 673. The molecule has 0 heterocycles. The maximum atomic E-state index is 11.7. The second kappa shape index (κ2) is 8.61. The lowest BCUT2D eigenvalue weighted by Gasteiger charge is -2.04. The van der Waals surface area contributed by atoms with Crippen molar-refractivity contribution in [3.05, 3.63) is 70.2 Å². The van der Waals surface area contributed by atoms with E-state index < -0.39 is 0 Å². The van der Waals surface area contributed by atoms with Gasteiger partial charge in [-0.05, 0) is 35.7 Å². The number of aryl methyl sites for hydroxylation is 1. The van der Waals surface area contributed by atoms with Crippen LogP contribution in [-0.4, -0.2) is 17.9 Å². The van der Waals surface area contributed by atoms with Crippen molar-refractivity contribution in [2.24, 2.45) is 5.10 Å². The molecule has 5 heteroatoms. The predicted octanol–water partition coefficient (Wildman–Crippen LogP) is 4.03. The molecule has 0 radical (unpaired) electrons. The second-order valence-corrected chi connectivity index (χ2v) is 6.19. The minimum absolute atomic E-state index is 0.114. The molecule has 0 unspecified atom stereocenters. The van der Waals surface area contributed by atoms with Crippen LogP contribution in [0.25, 0.3) is 0 Å². The van der Waals surface area contributed by atoms with Crippen LogP contribution in [0.2, 0.25) is 5.02 Å². The lowest BCUT2D eigenvalue weighted by atomic mass is 10.1. The van der Waals surface area contributed by atoms with Crippen LogP contribution in [0.1, 0.15) is 16.7 Å². The Morgan fingerprint density at radius 3 is 2.86 bits per heavy atom. The molecule has 0 fully saturated rings. The molecule has 1 amide bonds. The number of halogens is 1. The fourth-order valence-electron chi connectivity index (χ4n) is 1.82. The first-order valence-corrected chi connectivity index (χ1v) is 8.38. The van der Waals surface area contributed by atoms with Crippen molar-refractivity contribution >= 4 is 35.5 Å². The van der Waals surface area contributed by atoms with Crippen LogP contribution < -0.4 is 5.43 Å². The first kappa shape index (κ1) is 16.6. The van der Waals surface area contributed by atoms with Gasteiger partial charge in [0.15, 0.2) is 0 Å². The van der Waals surface area contributed by atoms with Crippen LogP contribution in [0.3, 0.4) is 0 Å². The van der Waals surface area contributed by atoms with Crippen LogP contribution in [0, 0.1) is 6.92 Å². The van der Waals surface area contributed by atoms with Gasteiger partial charge in [-0.25, -0.2) is 5.43 Å². The maximum absolute atomic E-state index is 11.7. The zero-order valence-electron chi connectivity index (χ0n) is 12.3. The maximum Gasteiger partial charge on any atom is 0.250 e. The van der Waals surface area contributed by atoms with Gasteiger partial charge in [0, 0.05) is 10.8 Å². The number of rotatable bonds is 6. The highest BCUT2D eigenvalue weighted by molar-refractivity contribution is 7.99. The molecule has 0 saturated carbocycles. The Labute approximate surface area is 139 Å². The Kier molecular flexibility index (Phi) is 6.49. The molecule has 0 aliphatic rings. The summed E-state index contributed by atoms with van der Waals surface area (Å²) < 4.78 is 0. The Morgan fingerprint density at radius 2 is 2.09 bits per heavy atom. The van der Waals surface area contributed by atoms with E-state index in [1.165, 1.54) is 11.1 Å². The number of benzene rings is 2. The molecule has 2 aromatic rings. The molecule has 0 saturated heterocycles. The SMILES string of the molecule is Cc1ccccc1CSCC(=O)N/N=C/c1cccc(Cl)c1. The average molecular weight is 333 g/mol. The minimum Gasteiger partial charge on any atom is -0.272 e. The van der Waals surface area contributed by atoms with Gasteiger partial charge >= 0.3 is 0 Å². The third-order valence-corrected chi connectivity index (χ3v) is 4.22. The summed E-state index contributed by atoms with van der Waals surface area (Å²) in [5.41, 5.74) is 5.86. The van der Waals surface area contributed by atoms with E-state index in [0.29, 0.717) is 10.8 Å². The van der Waals surface area contributed by atoms with E-state index in [-0.39, 0.29) is 5.91 Å². The fraction of sp³-hybridized carbons (Fsp3) is 0.176. The standard InChI is InChI=1S/C17H17ClN2OS/c1-13-5-2-3-7-15(13)11-22-12-17(21)20-19-10-14-6-4-8-16(18)9-14/h2-10H,11-12H2,1H3,(H,20,21)/b19-10+. The molecule has 0 atom stereocenters. The van der Waals surface area contributed by atoms with Gasteiger partial charge in [-0.2, -0.15) is 5.10 Å². The summed E-state index contributed by atoms with van der Waals surface area (Å²) in [6, 6.07) is 15.5. The van der Waals surface area contributed by atoms with Crippen molar-refractivity contribution in [2.45, 2.75) is 12.7 Å². The summed E-state index contributed by atoms with van der Waals surface area (Å²) in [5.74, 6) is 1.08. The van der Waals surface area contributed by atoms with Crippen LogP contribution in [0.4, 0.5) is 0 Å². The first-order chi connectivity index (χ1) is 10.6. The van der Waals surface area contributed by atoms with Gasteiger partial charge in [0.2, 0.25) is 5.91 Å². The van der Waals surface area contributed by atoms with Gasteiger partial charge in [0.25, 0.3) is 0 Å². The summed E-state index contributed by atoms with van der Waals surface area (Å²) in [7, 11) is 0. The lowest BCUT2D eigenvalue weighted by molar-refractivity contribution is -0.118. The number of hydrogen-bond donors (Lipinski definition) is 1. The highest BCUT2D eigenvalue weighted by Crippen LogP contribution is 2.15. The highest BCUT2D eigenvalue weighted by Gasteiger charge is 2.02. The molecular weight excluding hydrogens is 316 g/mol. The van der Waals surface area contributed by atoms with Crippen LogP contribution >= 0.6 is 23.4 Å². The van der Waals surface area contributed by atoms with Gasteiger partial charge in [-0.1, -0.05) is 48.0 Å². The van der Waals surface area contributed by atoms with Gasteiger partial charge in [-0.3, -0.25) is 4.79 Å². The van der Waals surface area contributed by atoms with Crippen LogP contribution in [0.15, 0.2) is 53.6 Å². The molecule has 1 N–H and O–H groups in total. The largest absolute Gasteiger partial charge is 0.272 e. The Balaban J connectivity index is 1.73. The molecular formula is C17H17ClN2OS. The zero-order valence-corrected chi connectivity index (χ0v) is 13.8. The third-order valence-electron chi connectivity index (χ3n) is 3.00. The van der Waals surface area contributed by atoms with E-state index in [9.17, 15) is 4.79 Å². The lowest BCUT2D eigenvalue weighted by Crippen LogP contribution is -2.19. The summed E-state index contributed by atoms with van der Waals surface area (Å²) in [5, 5.41) is 4.57. The quantitative estimate of drug-likeness (QED) is 0.641. The van der Waals surface area contributed by atoms with Crippen LogP contribution in [-0.2, 0) is 10.5 Å². The van der Waals surface area contributed by atoms with E-state index in [4.69, 9.17) is 11.6 Å². The molecule has 0 aliphatic carbocycles.